The minimum atomic E-state index is -0.320. The van der Waals surface area contributed by atoms with Crippen molar-refractivity contribution in [3.8, 4) is 0 Å². The predicted octanol–water partition coefficient (Wildman–Crippen LogP) is 0.978. The van der Waals surface area contributed by atoms with E-state index in [0.29, 0.717) is 0 Å². The van der Waals surface area contributed by atoms with E-state index in [0.717, 1.165) is 25.8 Å². The van der Waals surface area contributed by atoms with Crippen LogP contribution < -0.4 is 11.2 Å². The molecule has 1 spiro atoms. The Morgan fingerprint density at radius 3 is 2.54 bits per heavy atom. The van der Waals surface area contributed by atoms with Crippen LogP contribution >= 0.6 is 0 Å². The molecule has 4 nitrogen and oxygen atoms in total. The van der Waals surface area contributed by atoms with E-state index in [1.165, 1.54) is 19.3 Å². The SMILES string of the molecule is NC(=O)N1NCCC12CCCCC2. The Morgan fingerprint density at radius 2 is 1.92 bits per heavy atom. The van der Waals surface area contributed by atoms with Crippen molar-refractivity contribution in [1.29, 1.82) is 0 Å². The zero-order chi connectivity index (χ0) is 9.31. The van der Waals surface area contributed by atoms with Crippen LogP contribution in [0.4, 0.5) is 4.79 Å². The Labute approximate surface area is 78.4 Å². The van der Waals surface area contributed by atoms with Crippen molar-refractivity contribution >= 4 is 6.03 Å². The summed E-state index contributed by atoms with van der Waals surface area (Å²) < 4.78 is 0. The highest BCUT2D eigenvalue weighted by atomic mass is 16.2. The molecular weight excluding hydrogens is 166 g/mol. The van der Waals surface area contributed by atoms with Crippen LogP contribution in [0.15, 0.2) is 0 Å². The van der Waals surface area contributed by atoms with E-state index < -0.39 is 0 Å². The van der Waals surface area contributed by atoms with Crippen LogP contribution in [0.3, 0.4) is 0 Å². The molecule has 0 radical (unpaired) electrons. The van der Waals surface area contributed by atoms with Gasteiger partial charge < -0.3 is 5.73 Å². The second-order valence-corrected chi connectivity index (χ2v) is 4.12. The normalized spacial score (nSPS) is 26.6. The lowest BCUT2D eigenvalue weighted by Gasteiger charge is -2.39. The molecule has 1 heterocycles. The zero-order valence-electron chi connectivity index (χ0n) is 7.88. The number of rotatable bonds is 0. The fraction of sp³-hybridized carbons (Fsp3) is 0.889. The molecule has 1 aliphatic carbocycles. The molecule has 4 heteroatoms. The number of hydrogen-bond acceptors (Lipinski definition) is 2. The van der Waals surface area contributed by atoms with E-state index in [9.17, 15) is 4.79 Å². The first kappa shape index (κ1) is 8.81. The first-order valence-corrected chi connectivity index (χ1v) is 5.08. The number of nitrogens with zero attached hydrogens (tertiary/aromatic N) is 1. The Morgan fingerprint density at radius 1 is 1.23 bits per heavy atom. The summed E-state index contributed by atoms with van der Waals surface area (Å²) in [6.45, 7) is 0.892. The van der Waals surface area contributed by atoms with Gasteiger partial charge in [0, 0.05) is 6.54 Å². The van der Waals surface area contributed by atoms with Gasteiger partial charge in [-0.05, 0) is 19.3 Å². The summed E-state index contributed by atoms with van der Waals surface area (Å²) in [6.07, 6.45) is 7.05. The third-order valence-electron chi connectivity index (χ3n) is 3.34. The number of carbonyl (C=O) groups excluding carboxylic acids is 1. The van der Waals surface area contributed by atoms with Gasteiger partial charge in [0.2, 0.25) is 0 Å². The van der Waals surface area contributed by atoms with Gasteiger partial charge in [-0.15, -0.1) is 0 Å². The van der Waals surface area contributed by atoms with Crippen molar-refractivity contribution in [3.05, 3.63) is 0 Å². The fourth-order valence-electron chi connectivity index (χ4n) is 2.68. The number of primary amides is 1. The van der Waals surface area contributed by atoms with Gasteiger partial charge >= 0.3 is 6.03 Å². The largest absolute Gasteiger partial charge is 0.350 e. The highest BCUT2D eigenvalue weighted by Crippen LogP contribution is 2.37. The average molecular weight is 183 g/mol. The molecule has 0 unspecified atom stereocenters. The highest BCUT2D eigenvalue weighted by Gasteiger charge is 2.43. The molecular formula is C9H17N3O. The second kappa shape index (κ2) is 3.18. The minimum absolute atomic E-state index is 0.0596. The zero-order valence-corrected chi connectivity index (χ0v) is 7.88. The quantitative estimate of drug-likeness (QED) is 0.588. The smallest absolute Gasteiger partial charge is 0.329 e. The maximum absolute atomic E-state index is 11.2. The third kappa shape index (κ3) is 1.39. The third-order valence-corrected chi connectivity index (χ3v) is 3.34. The molecule has 74 valence electrons. The summed E-state index contributed by atoms with van der Waals surface area (Å²) in [4.78, 5) is 11.2. The van der Waals surface area contributed by atoms with Crippen LogP contribution in [0.2, 0.25) is 0 Å². The Hall–Kier alpha value is -0.770. The standard InChI is InChI=1S/C9H17N3O/c10-8(13)12-9(6-7-11-12)4-2-1-3-5-9/h11H,1-7H2,(H2,10,13). The summed E-state index contributed by atoms with van der Waals surface area (Å²) in [5, 5.41) is 1.67. The molecule has 13 heavy (non-hydrogen) atoms. The lowest BCUT2D eigenvalue weighted by atomic mass is 9.80. The van der Waals surface area contributed by atoms with Gasteiger partial charge in [-0.2, -0.15) is 0 Å². The summed E-state index contributed by atoms with van der Waals surface area (Å²) in [5.74, 6) is 0. The first-order chi connectivity index (χ1) is 6.25. The van der Waals surface area contributed by atoms with Crippen molar-refractivity contribution in [1.82, 2.24) is 10.4 Å². The van der Waals surface area contributed by atoms with Crippen LogP contribution in [0.5, 0.6) is 0 Å². The van der Waals surface area contributed by atoms with Gasteiger partial charge in [-0.3, -0.25) is 5.01 Å². The van der Waals surface area contributed by atoms with Crippen molar-refractivity contribution in [2.24, 2.45) is 5.73 Å². The number of hydrazine groups is 1. The van der Waals surface area contributed by atoms with Gasteiger partial charge in [0.1, 0.15) is 0 Å². The molecule has 1 aliphatic heterocycles. The maximum Gasteiger partial charge on any atom is 0.329 e. The van der Waals surface area contributed by atoms with E-state index in [2.05, 4.69) is 5.43 Å². The van der Waals surface area contributed by atoms with Gasteiger partial charge in [0.05, 0.1) is 5.54 Å². The van der Waals surface area contributed by atoms with Crippen LogP contribution in [-0.4, -0.2) is 23.1 Å². The highest BCUT2D eigenvalue weighted by molar-refractivity contribution is 5.72. The molecule has 0 atom stereocenters. The molecule has 2 aliphatic rings. The summed E-state index contributed by atoms with van der Waals surface area (Å²) >= 11 is 0. The first-order valence-electron chi connectivity index (χ1n) is 5.08. The molecule has 2 fully saturated rings. The van der Waals surface area contributed by atoms with Crippen LogP contribution in [0.1, 0.15) is 38.5 Å². The number of hydrogen-bond donors (Lipinski definition) is 2. The van der Waals surface area contributed by atoms with E-state index >= 15 is 0 Å². The predicted molar refractivity (Wildman–Crippen MR) is 49.9 cm³/mol. The maximum atomic E-state index is 11.2. The van der Waals surface area contributed by atoms with Gasteiger partial charge in [0.15, 0.2) is 0 Å². The minimum Gasteiger partial charge on any atom is -0.350 e. The van der Waals surface area contributed by atoms with E-state index in [1.807, 2.05) is 0 Å². The molecule has 2 amide bonds. The molecule has 0 aromatic rings. The van der Waals surface area contributed by atoms with Crippen molar-refractivity contribution in [2.45, 2.75) is 44.1 Å². The summed E-state index contributed by atoms with van der Waals surface area (Å²) in [6, 6.07) is -0.320. The number of nitrogens with two attached hydrogens (primary N) is 1. The van der Waals surface area contributed by atoms with E-state index in [1.54, 1.807) is 5.01 Å². The van der Waals surface area contributed by atoms with E-state index in [4.69, 9.17) is 5.73 Å². The summed E-state index contributed by atoms with van der Waals surface area (Å²) in [5.41, 5.74) is 8.46. The average Bonchev–Trinajstić information content (AvgIpc) is 2.50. The van der Waals surface area contributed by atoms with Crippen LogP contribution in [0.25, 0.3) is 0 Å². The topological polar surface area (TPSA) is 58.4 Å². The second-order valence-electron chi connectivity index (χ2n) is 4.12. The van der Waals surface area contributed by atoms with Crippen LogP contribution in [-0.2, 0) is 0 Å². The number of amides is 2. The summed E-state index contributed by atoms with van der Waals surface area (Å²) in [7, 11) is 0. The van der Waals surface area contributed by atoms with Gasteiger partial charge in [-0.1, -0.05) is 19.3 Å². The van der Waals surface area contributed by atoms with E-state index in [-0.39, 0.29) is 11.6 Å². The molecule has 0 aromatic heterocycles. The Balaban J connectivity index is 2.13. The lowest BCUT2D eigenvalue weighted by molar-refractivity contribution is 0.0907. The number of urea groups is 1. The van der Waals surface area contributed by atoms with Crippen molar-refractivity contribution in [2.75, 3.05) is 6.54 Å². The van der Waals surface area contributed by atoms with Gasteiger partial charge in [0.25, 0.3) is 0 Å². The molecule has 3 N–H and O–H groups in total. The molecule has 2 rings (SSSR count). The number of nitrogens with one attached hydrogen (secondary N) is 1. The fourth-order valence-corrected chi connectivity index (χ4v) is 2.68. The number of carbonyl (C=O) groups is 1. The molecule has 1 saturated heterocycles. The monoisotopic (exact) mass is 183 g/mol. The molecule has 0 aromatic carbocycles. The van der Waals surface area contributed by atoms with Crippen molar-refractivity contribution in [3.63, 3.8) is 0 Å². The molecule has 1 saturated carbocycles. The van der Waals surface area contributed by atoms with Gasteiger partial charge in [-0.25, -0.2) is 10.2 Å². The Bertz CT molecular complexity index is 211. The Kier molecular flexibility index (Phi) is 2.15. The lowest BCUT2D eigenvalue weighted by Crippen LogP contribution is -2.54. The van der Waals surface area contributed by atoms with Crippen LogP contribution in [0, 0.1) is 0 Å². The molecule has 0 bridgehead atoms. The van der Waals surface area contributed by atoms with Crippen molar-refractivity contribution < 1.29 is 4.79 Å².